The number of nitrogens with two attached hydrogens (primary N) is 1. The normalized spacial score (nSPS) is 26.6. The molecule has 0 radical (unpaired) electrons. The summed E-state index contributed by atoms with van der Waals surface area (Å²) in [7, 11) is 0. The van der Waals surface area contributed by atoms with Gasteiger partial charge >= 0.3 is 0 Å². The van der Waals surface area contributed by atoms with Crippen LogP contribution in [0.4, 0.5) is 0 Å². The van der Waals surface area contributed by atoms with E-state index in [0.717, 1.165) is 26.1 Å². The summed E-state index contributed by atoms with van der Waals surface area (Å²) in [5.74, 6) is 0.748. The van der Waals surface area contributed by atoms with Gasteiger partial charge in [0.05, 0.1) is 5.54 Å². The van der Waals surface area contributed by atoms with Gasteiger partial charge in [0.1, 0.15) is 0 Å². The molecule has 2 aliphatic heterocycles. The molecule has 2 N–H and O–H groups in total. The van der Waals surface area contributed by atoms with E-state index < -0.39 is 5.54 Å². The summed E-state index contributed by atoms with van der Waals surface area (Å²) in [4.78, 5) is 16.6. The third-order valence-electron chi connectivity index (χ3n) is 4.09. The molecule has 0 aromatic rings. The summed E-state index contributed by atoms with van der Waals surface area (Å²) in [5, 5.41) is 0. The summed E-state index contributed by atoms with van der Waals surface area (Å²) in [6, 6.07) is 0. The highest BCUT2D eigenvalue weighted by atomic mass is 16.2. The van der Waals surface area contributed by atoms with Crippen molar-refractivity contribution >= 4 is 5.91 Å². The molecule has 2 fully saturated rings. The Kier molecular flexibility index (Phi) is 4.28. The van der Waals surface area contributed by atoms with Crippen molar-refractivity contribution in [1.82, 2.24) is 9.80 Å². The van der Waals surface area contributed by atoms with E-state index in [0.29, 0.717) is 5.92 Å². The minimum atomic E-state index is -0.722. The Balaban J connectivity index is 1.79. The van der Waals surface area contributed by atoms with Gasteiger partial charge in [-0.05, 0) is 52.1 Å². The molecule has 2 aliphatic rings. The van der Waals surface area contributed by atoms with E-state index in [9.17, 15) is 4.79 Å². The molecule has 1 amide bonds. The van der Waals surface area contributed by atoms with Crippen molar-refractivity contribution < 1.29 is 4.79 Å². The first-order valence-corrected chi connectivity index (χ1v) is 7.27. The second kappa shape index (κ2) is 5.57. The Morgan fingerprint density at radius 3 is 2.50 bits per heavy atom. The molecule has 0 bridgehead atoms. The molecule has 104 valence electrons. The number of likely N-dealkylation sites (tertiary alicyclic amines) is 2. The van der Waals surface area contributed by atoms with E-state index in [4.69, 9.17) is 5.73 Å². The standard InChI is InChI=1S/C14H27N3O/c1-14(2,15)13(18)17-9-6-12(11-17)10-16-7-4-3-5-8-16/h12H,3-11,15H2,1-2H3. The fourth-order valence-electron chi connectivity index (χ4n) is 3.08. The minimum Gasteiger partial charge on any atom is -0.341 e. The number of carbonyl (C=O) groups excluding carboxylic acids is 1. The molecule has 0 aromatic carbocycles. The molecule has 1 atom stereocenters. The van der Waals surface area contributed by atoms with Crippen molar-refractivity contribution in [2.75, 3.05) is 32.7 Å². The van der Waals surface area contributed by atoms with Crippen LogP contribution in [-0.4, -0.2) is 54.0 Å². The van der Waals surface area contributed by atoms with Gasteiger partial charge in [-0.25, -0.2) is 0 Å². The number of piperidine rings is 1. The fourth-order valence-corrected chi connectivity index (χ4v) is 3.08. The third-order valence-corrected chi connectivity index (χ3v) is 4.09. The van der Waals surface area contributed by atoms with E-state index in [2.05, 4.69) is 4.90 Å². The van der Waals surface area contributed by atoms with Crippen LogP contribution >= 0.6 is 0 Å². The van der Waals surface area contributed by atoms with Gasteiger partial charge in [-0.2, -0.15) is 0 Å². The van der Waals surface area contributed by atoms with Gasteiger partial charge in [0, 0.05) is 19.6 Å². The highest BCUT2D eigenvalue weighted by Crippen LogP contribution is 2.21. The zero-order valence-corrected chi connectivity index (χ0v) is 11.8. The monoisotopic (exact) mass is 253 g/mol. The van der Waals surface area contributed by atoms with E-state index >= 15 is 0 Å². The number of hydrogen-bond donors (Lipinski definition) is 1. The van der Waals surface area contributed by atoms with Gasteiger partial charge < -0.3 is 15.5 Å². The van der Waals surface area contributed by atoms with Crippen molar-refractivity contribution in [3.8, 4) is 0 Å². The summed E-state index contributed by atoms with van der Waals surface area (Å²) < 4.78 is 0. The van der Waals surface area contributed by atoms with E-state index in [1.807, 2.05) is 4.90 Å². The number of hydrogen-bond acceptors (Lipinski definition) is 3. The quantitative estimate of drug-likeness (QED) is 0.818. The van der Waals surface area contributed by atoms with Gasteiger partial charge in [-0.3, -0.25) is 4.79 Å². The van der Waals surface area contributed by atoms with Crippen LogP contribution in [0.15, 0.2) is 0 Å². The maximum absolute atomic E-state index is 12.1. The molecule has 1 unspecified atom stereocenters. The lowest BCUT2D eigenvalue weighted by Crippen LogP contribution is -2.50. The Hall–Kier alpha value is -0.610. The van der Waals surface area contributed by atoms with E-state index in [-0.39, 0.29) is 5.91 Å². The summed E-state index contributed by atoms with van der Waals surface area (Å²) in [5.41, 5.74) is 5.16. The molecule has 0 spiro atoms. The van der Waals surface area contributed by atoms with Crippen molar-refractivity contribution in [2.24, 2.45) is 11.7 Å². The van der Waals surface area contributed by atoms with Crippen molar-refractivity contribution in [3.05, 3.63) is 0 Å². The Morgan fingerprint density at radius 2 is 1.89 bits per heavy atom. The van der Waals surface area contributed by atoms with Crippen LogP contribution in [-0.2, 0) is 4.79 Å². The average Bonchev–Trinajstić information content (AvgIpc) is 2.76. The van der Waals surface area contributed by atoms with Crippen molar-refractivity contribution in [1.29, 1.82) is 0 Å². The van der Waals surface area contributed by atoms with Crippen LogP contribution in [0.3, 0.4) is 0 Å². The average molecular weight is 253 g/mol. The topological polar surface area (TPSA) is 49.6 Å². The molecule has 4 heteroatoms. The zero-order valence-electron chi connectivity index (χ0n) is 11.8. The number of carbonyl (C=O) groups is 1. The summed E-state index contributed by atoms with van der Waals surface area (Å²) >= 11 is 0. The van der Waals surface area contributed by atoms with Crippen LogP contribution in [0.5, 0.6) is 0 Å². The lowest BCUT2D eigenvalue weighted by molar-refractivity contribution is -0.134. The number of nitrogens with zero attached hydrogens (tertiary/aromatic N) is 2. The largest absolute Gasteiger partial charge is 0.341 e. The molecule has 2 rings (SSSR count). The van der Waals surface area contributed by atoms with Gasteiger partial charge in [-0.1, -0.05) is 6.42 Å². The zero-order chi connectivity index (χ0) is 13.2. The molecule has 18 heavy (non-hydrogen) atoms. The predicted molar refractivity (Wildman–Crippen MR) is 73.2 cm³/mol. The summed E-state index contributed by atoms with van der Waals surface area (Å²) in [6.45, 7) is 9.03. The first kappa shape index (κ1) is 13.8. The highest BCUT2D eigenvalue weighted by molar-refractivity contribution is 5.85. The first-order valence-electron chi connectivity index (χ1n) is 7.27. The van der Waals surface area contributed by atoms with Crippen LogP contribution < -0.4 is 5.73 Å². The first-order chi connectivity index (χ1) is 8.47. The van der Waals surface area contributed by atoms with E-state index in [1.54, 1.807) is 13.8 Å². The molecule has 0 aliphatic carbocycles. The third kappa shape index (κ3) is 3.45. The van der Waals surface area contributed by atoms with Gasteiger partial charge in [-0.15, -0.1) is 0 Å². The van der Waals surface area contributed by atoms with Crippen molar-refractivity contribution in [2.45, 2.75) is 45.1 Å². The Bertz CT molecular complexity index is 292. The highest BCUT2D eigenvalue weighted by Gasteiger charge is 2.33. The smallest absolute Gasteiger partial charge is 0.242 e. The molecule has 2 saturated heterocycles. The SMILES string of the molecule is CC(C)(N)C(=O)N1CCC(CN2CCCCC2)C1. The second-order valence-corrected chi connectivity index (χ2v) is 6.49. The van der Waals surface area contributed by atoms with Crippen LogP contribution in [0.2, 0.25) is 0 Å². The maximum atomic E-state index is 12.1. The van der Waals surface area contributed by atoms with Gasteiger partial charge in [0.15, 0.2) is 0 Å². The van der Waals surface area contributed by atoms with Crippen molar-refractivity contribution in [3.63, 3.8) is 0 Å². The van der Waals surface area contributed by atoms with Gasteiger partial charge in [0.25, 0.3) is 0 Å². The Labute approximate surface area is 110 Å². The van der Waals surface area contributed by atoms with Crippen LogP contribution in [0.25, 0.3) is 0 Å². The van der Waals surface area contributed by atoms with Crippen LogP contribution in [0, 0.1) is 5.92 Å². The molecule has 0 aromatic heterocycles. The molecular weight excluding hydrogens is 226 g/mol. The molecular formula is C14H27N3O. The van der Waals surface area contributed by atoms with E-state index in [1.165, 1.54) is 32.4 Å². The fraction of sp³-hybridized carbons (Fsp3) is 0.929. The van der Waals surface area contributed by atoms with Crippen LogP contribution in [0.1, 0.15) is 39.5 Å². The lowest BCUT2D eigenvalue weighted by atomic mass is 10.0. The number of rotatable bonds is 3. The lowest BCUT2D eigenvalue weighted by Gasteiger charge is -2.29. The Morgan fingerprint density at radius 1 is 1.22 bits per heavy atom. The van der Waals surface area contributed by atoms with Gasteiger partial charge in [0.2, 0.25) is 5.91 Å². The predicted octanol–water partition coefficient (Wildman–Crippen LogP) is 1.06. The number of amides is 1. The maximum Gasteiger partial charge on any atom is 0.242 e. The molecule has 4 nitrogen and oxygen atoms in total. The minimum absolute atomic E-state index is 0.101. The molecule has 2 heterocycles. The molecule has 0 saturated carbocycles. The second-order valence-electron chi connectivity index (χ2n) is 6.49. The summed E-state index contributed by atoms with van der Waals surface area (Å²) in [6.07, 6.45) is 5.20.